The monoisotopic (exact) mass is 142 g/mol. The summed E-state index contributed by atoms with van der Waals surface area (Å²) in [5, 5.41) is 7.10. The third kappa shape index (κ3) is 4.83. The van der Waals surface area contributed by atoms with Crippen LogP contribution in [0.4, 0.5) is 17.6 Å². The number of aliphatic hydroxyl groups is 1. The van der Waals surface area contributed by atoms with Gasteiger partial charge in [0.2, 0.25) is 0 Å². The molecule has 0 aromatic heterocycles. The van der Waals surface area contributed by atoms with Gasteiger partial charge in [-0.3, -0.25) is 0 Å². The second-order valence-corrected chi connectivity index (χ2v) is 0.877. The van der Waals surface area contributed by atoms with Crippen LogP contribution in [0.5, 0.6) is 0 Å². The van der Waals surface area contributed by atoms with E-state index in [1.807, 2.05) is 0 Å². The van der Waals surface area contributed by atoms with Crippen LogP contribution < -0.4 is 0 Å². The van der Waals surface area contributed by atoms with Crippen molar-refractivity contribution in [2.75, 3.05) is 0 Å². The van der Waals surface area contributed by atoms with Crippen molar-refractivity contribution in [3.05, 3.63) is 0 Å². The quantitative estimate of drug-likeness (QED) is 0.378. The molecular formula is C2H3F4NaO. The first-order valence-corrected chi connectivity index (χ1v) is 1.33. The first-order chi connectivity index (χ1) is 2.94. The molecular weight excluding hydrogens is 139 g/mol. The van der Waals surface area contributed by atoms with Crippen molar-refractivity contribution in [2.24, 2.45) is 0 Å². The zero-order chi connectivity index (χ0) is 6.08. The third-order valence-electron chi connectivity index (χ3n) is 0.270. The Morgan fingerprint density at radius 2 is 1.38 bits per heavy atom. The van der Waals surface area contributed by atoms with Crippen LogP contribution in [0.25, 0.3) is 0 Å². The van der Waals surface area contributed by atoms with Crippen molar-refractivity contribution < 1.29 is 22.7 Å². The molecule has 0 heterocycles. The van der Waals surface area contributed by atoms with Gasteiger partial charge in [-0.05, 0) is 0 Å². The van der Waals surface area contributed by atoms with E-state index in [0.29, 0.717) is 0 Å². The molecule has 0 bridgehead atoms. The molecule has 6 heteroatoms. The Kier molecular flexibility index (Phi) is 5.25. The van der Waals surface area contributed by atoms with Crippen molar-refractivity contribution in [1.29, 1.82) is 0 Å². The standard InChI is InChI=1S/C2H2F4O.Na.H/c3-1(7)2(4,5)6;;/h1,7H;;. The molecule has 0 spiro atoms. The first-order valence-electron chi connectivity index (χ1n) is 1.33. The van der Waals surface area contributed by atoms with Gasteiger partial charge in [-0.2, -0.15) is 13.2 Å². The molecule has 0 radical (unpaired) electrons. The van der Waals surface area contributed by atoms with Crippen LogP contribution in [0.3, 0.4) is 0 Å². The Bertz CT molecular complexity index is 59.5. The zero-order valence-electron chi connectivity index (χ0n) is 3.04. The number of halogens is 4. The zero-order valence-corrected chi connectivity index (χ0v) is 3.04. The van der Waals surface area contributed by atoms with Crippen molar-refractivity contribution in [3.63, 3.8) is 0 Å². The van der Waals surface area contributed by atoms with Gasteiger partial charge in [0.25, 0.3) is 6.36 Å². The van der Waals surface area contributed by atoms with E-state index in [9.17, 15) is 17.6 Å². The second kappa shape index (κ2) is 3.66. The molecule has 0 saturated carbocycles. The molecule has 0 rings (SSSR count). The molecule has 0 aliphatic rings. The third-order valence-corrected chi connectivity index (χ3v) is 0.270. The summed E-state index contributed by atoms with van der Waals surface area (Å²) < 4.78 is 42.3. The van der Waals surface area contributed by atoms with Crippen LogP contribution in [0.15, 0.2) is 0 Å². The number of hydrogen-bond donors (Lipinski definition) is 1. The van der Waals surface area contributed by atoms with E-state index in [2.05, 4.69) is 0 Å². The molecule has 1 nitrogen and oxygen atoms in total. The molecule has 0 fully saturated rings. The van der Waals surface area contributed by atoms with Gasteiger partial charge in [0, 0.05) is 0 Å². The van der Waals surface area contributed by atoms with Gasteiger partial charge >= 0.3 is 35.7 Å². The van der Waals surface area contributed by atoms with Crippen molar-refractivity contribution in [1.82, 2.24) is 0 Å². The number of rotatable bonds is 0. The molecule has 1 atom stereocenters. The van der Waals surface area contributed by atoms with Crippen LogP contribution in [0, 0.1) is 0 Å². The van der Waals surface area contributed by atoms with Gasteiger partial charge in [0.1, 0.15) is 0 Å². The predicted octanol–water partition coefficient (Wildman–Crippen LogP) is 0.188. The maximum atomic E-state index is 10.6. The summed E-state index contributed by atoms with van der Waals surface area (Å²) in [5.74, 6) is 0. The number of hydrogen-bond acceptors (Lipinski definition) is 1. The molecule has 0 saturated heterocycles. The van der Waals surface area contributed by atoms with Gasteiger partial charge in [0.05, 0.1) is 0 Å². The minimum absolute atomic E-state index is 0. The van der Waals surface area contributed by atoms with E-state index in [4.69, 9.17) is 5.11 Å². The Morgan fingerprint density at radius 1 is 1.25 bits per heavy atom. The number of alkyl halides is 4. The molecule has 1 unspecified atom stereocenters. The normalized spacial score (nSPS) is 14.6. The first kappa shape index (κ1) is 11.5. The van der Waals surface area contributed by atoms with Crippen molar-refractivity contribution in [3.8, 4) is 0 Å². The molecule has 46 valence electrons. The Balaban J connectivity index is 0. The van der Waals surface area contributed by atoms with Crippen molar-refractivity contribution >= 4 is 29.6 Å². The van der Waals surface area contributed by atoms with Crippen LogP contribution in [0.2, 0.25) is 0 Å². The summed E-state index contributed by atoms with van der Waals surface area (Å²) in [6.07, 6.45) is -8.81. The van der Waals surface area contributed by atoms with Crippen LogP contribution in [-0.2, 0) is 0 Å². The Morgan fingerprint density at radius 3 is 1.38 bits per heavy atom. The van der Waals surface area contributed by atoms with Crippen LogP contribution >= 0.6 is 0 Å². The fourth-order valence-electron chi connectivity index (χ4n) is 0. The Hall–Kier alpha value is 0.680. The summed E-state index contributed by atoms with van der Waals surface area (Å²) in [6.45, 7) is 0. The minimum atomic E-state index is -5.11. The second-order valence-electron chi connectivity index (χ2n) is 0.877. The molecule has 0 amide bonds. The molecule has 0 aliphatic heterocycles. The SMILES string of the molecule is OC(F)C(F)(F)F.[NaH]. The maximum absolute atomic E-state index is 10.6. The summed E-state index contributed by atoms with van der Waals surface area (Å²) >= 11 is 0. The van der Waals surface area contributed by atoms with E-state index < -0.39 is 12.5 Å². The van der Waals surface area contributed by atoms with Gasteiger partial charge in [0.15, 0.2) is 0 Å². The average Bonchev–Trinajstić information content (AvgIpc) is 1.31. The molecule has 0 aliphatic carbocycles. The fraction of sp³-hybridized carbons (Fsp3) is 1.00. The summed E-state index contributed by atoms with van der Waals surface area (Å²) in [4.78, 5) is 0. The molecule has 1 N–H and O–H groups in total. The molecule has 0 aromatic carbocycles. The van der Waals surface area contributed by atoms with E-state index in [0.717, 1.165) is 0 Å². The van der Waals surface area contributed by atoms with Crippen LogP contribution in [-0.4, -0.2) is 47.2 Å². The molecule has 0 aromatic rings. The average molecular weight is 142 g/mol. The number of aliphatic hydroxyl groups excluding tert-OH is 1. The van der Waals surface area contributed by atoms with E-state index in [-0.39, 0.29) is 29.6 Å². The predicted molar refractivity (Wildman–Crippen MR) is 20.3 cm³/mol. The topological polar surface area (TPSA) is 20.2 Å². The van der Waals surface area contributed by atoms with E-state index >= 15 is 0 Å². The molecule has 8 heavy (non-hydrogen) atoms. The summed E-state index contributed by atoms with van der Waals surface area (Å²) in [5.41, 5.74) is 0. The fourth-order valence-corrected chi connectivity index (χ4v) is 0. The van der Waals surface area contributed by atoms with E-state index in [1.54, 1.807) is 0 Å². The van der Waals surface area contributed by atoms with Crippen LogP contribution in [0.1, 0.15) is 0 Å². The van der Waals surface area contributed by atoms with Crippen molar-refractivity contribution in [2.45, 2.75) is 12.5 Å². The van der Waals surface area contributed by atoms with E-state index in [1.165, 1.54) is 0 Å². The van der Waals surface area contributed by atoms with Gasteiger partial charge in [-0.15, -0.1) is 0 Å². The summed E-state index contributed by atoms with van der Waals surface area (Å²) in [7, 11) is 0. The Labute approximate surface area is 65.0 Å². The van der Waals surface area contributed by atoms with Gasteiger partial charge in [-0.1, -0.05) is 0 Å². The van der Waals surface area contributed by atoms with Gasteiger partial charge in [-0.25, -0.2) is 4.39 Å². The summed E-state index contributed by atoms with van der Waals surface area (Å²) in [6, 6.07) is 0. The van der Waals surface area contributed by atoms with Gasteiger partial charge < -0.3 is 5.11 Å².